The molecule has 0 aliphatic carbocycles. The third-order valence-corrected chi connectivity index (χ3v) is 4.04. The standard InChI is InChI=1S/C11H20FNO/c1-8(2)11-4-9(12)6-13(11)7-10(5-11)14-3/h8-10H,4-7H2,1-3H3/t9-,10-,11+/m1/s1. The fourth-order valence-corrected chi connectivity index (χ4v) is 3.17. The van der Waals surface area contributed by atoms with Crippen molar-refractivity contribution in [3.05, 3.63) is 0 Å². The molecule has 14 heavy (non-hydrogen) atoms. The first-order chi connectivity index (χ1) is 6.58. The fraction of sp³-hybridized carbons (Fsp3) is 1.00. The van der Waals surface area contributed by atoms with Crippen LogP contribution >= 0.6 is 0 Å². The zero-order valence-corrected chi connectivity index (χ0v) is 9.29. The van der Waals surface area contributed by atoms with E-state index < -0.39 is 6.17 Å². The van der Waals surface area contributed by atoms with Crippen LogP contribution in [0, 0.1) is 5.92 Å². The van der Waals surface area contributed by atoms with Gasteiger partial charge in [0.2, 0.25) is 0 Å². The van der Waals surface area contributed by atoms with Crippen LogP contribution < -0.4 is 0 Å². The van der Waals surface area contributed by atoms with Gasteiger partial charge in [0.1, 0.15) is 6.17 Å². The van der Waals surface area contributed by atoms with Gasteiger partial charge in [0.15, 0.2) is 0 Å². The van der Waals surface area contributed by atoms with Gasteiger partial charge >= 0.3 is 0 Å². The number of halogens is 1. The first kappa shape index (κ1) is 10.4. The summed E-state index contributed by atoms with van der Waals surface area (Å²) in [5.41, 5.74) is 0.0834. The molecule has 0 bridgehead atoms. The maximum Gasteiger partial charge on any atom is 0.115 e. The molecular formula is C11H20FNO. The van der Waals surface area contributed by atoms with Crippen molar-refractivity contribution in [3.8, 4) is 0 Å². The second-order valence-electron chi connectivity index (χ2n) is 5.03. The Balaban J connectivity index is 2.17. The van der Waals surface area contributed by atoms with Gasteiger partial charge < -0.3 is 4.74 Å². The number of rotatable bonds is 2. The second kappa shape index (κ2) is 3.46. The summed E-state index contributed by atoms with van der Waals surface area (Å²) in [6, 6.07) is 0. The van der Waals surface area contributed by atoms with Crippen molar-refractivity contribution >= 4 is 0 Å². The van der Waals surface area contributed by atoms with Crippen LogP contribution in [0.25, 0.3) is 0 Å². The zero-order valence-electron chi connectivity index (χ0n) is 9.29. The summed E-state index contributed by atoms with van der Waals surface area (Å²) in [5, 5.41) is 0. The molecule has 0 unspecified atom stereocenters. The van der Waals surface area contributed by atoms with E-state index in [1.165, 1.54) is 0 Å². The quantitative estimate of drug-likeness (QED) is 0.676. The first-order valence-electron chi connectivity index (χ1n) is 5.50. The average molecular weight is 201 g/mol. The van der Waals surface area contributed by atoms with Gasteiger partial charge in [-0.2, -0.15) is 0 Å². The topological polar surface area (TPSA) is 12.5 Å². The van der Waals surface area contributed by atoms with Crippen molar-refractivity contribution in [3.63, 3.8) is 0 Å². The molecule has 0 aromatic rings. The Hall–Kier alpha value is -0.150. The fourth-order valence-electron chi connectivity index (χ4n) is 3.17. The zero-order chi connectivity index (χ0) is 10.3. The van der Waals surface area contributed by atoms with Crippen LogP contribution in [0.1, 0.15) is 26.7 Å². The minimum Gasteiger partial charge on any atom is -0.380 e. The molecule has 3 heteroatoms. The first-order valence-corrected chi connectivity index (χ1v) is 5.50. The van der Waals surface area contributed by atoms with E-state index in [0.29, 0.717) is 25.0 Å². The van der Waals surface area contributed by atoms with Crippen LogP contribution in [0.3, 0.4) is 0 Å². The predicted octanol–water partition coefficient (Wildman–Crippen LogP) is 1.84. The summed E-state index contributed by atoms with van der Waals surface area (Å²) in [6.45, 7) is 5.92. The van der Waals surface area contributed by atoms with E-state index in [2.05, 4.69) is 18.7 Å². The number of fused-ring (bicyclic) bond motifs is 1. The maximum absolute atomic E-state index is 13.4. The highest BCUT2D eigenvalue weighted by atomic mass is 19.1. The van der Waals surface area contributed by atoms with E-state index in [0.717, 1.165) is 13.0 Å². The molecule has 0 aromatic carbocycles. The summed E-state index contributed by atoms with van der Waals surface area (Å²) < 4.78 is 18.8. The molecule has 2 aliphatic rings. The molecule has 0 spiro atoms. The molecule has 0 saturated carbocycles. The van der Waals surface area contributed by atoms with Gasteiger partial charge in [-0.15, -0.1) is 0 Å². The van der Waals surface area contributed by atoms with E-state index in [1.807, 2.05) is 0 Å². The molecule has 0 aromatic heterocycles. The number of hydrogen-bond acceptors (Lipinski definition) is 2. The van der Waals surface area contributed by atoms with Gasteiger partial charge in [-0.3, -0.25) is 4.90 Å². The van der Waals surface area contributed by atoms with Crippen molar-refractivity contribution in [1.82, 2.24) is 4.90 Å². The average Bonchev–Trinajstić information content (AvgIpc) is 2.57. The maximum atomic E-state index is 13.4. The van der Waals surface area contributed by atoms with Crippen LogP contribution in [-0.2, 0) is 4.74 Å². The number of ether oxygens (including phenoxy) is 1. The number of nitrogens with zero attached hydrogens (tertiary/aromatic N) is 1. The van der Waals surface area contributed by atoms with Crippen molar-refractivity contribution < 1.29 is 9.13 Å². The van der Waals surface area contributed by atoms with Crippen LogP contribution in [-0.4, -0.2) is 42.9 Å². The van der Waals surface area contributed by atoms with Crippen LogP contribution in [0.2, 0.25) is 0 Å². The highest BCUT2D eigenvalue weighted by Crippen LogP contribution is 2.45. The Bertz CT molecular complexity index is 221. The van der Waals surface area contributed by atoms with Gasteiger partial charge in [-0.25, -0.2) is 4.39 Å². The van der Waals surface area contributed by atoms with E-state index >= 15 is 0 Å². The lowest BCUT2D eigenvalue weighted by molar-refractivity contribution is 0.102. The van der Waals surface area contributed by atoms with Crippen molar-refractivity contribution in [2.24, 2.45) is 5.92 Å². The van der Waals surface area contributed by atoms with Crippen LogP contribution in [0.15, 0.2) is 0 Å². The summed E-state index contributed by atoms with van der Waals surface area (Å²) in [4.78, 5) is 2.30. The molecule has 2 aliphatic heterocycles. The molecule has 2 heterocycles. The Morgan fingerprint density at radius 2 is 2.07 bits per heavy atom. The Labute approximate surface area is 85.4 Å². The van der Waals surface area contributed by atoms with E-state index in [9.17, 15) is 4.39 Å². The highest BCUT2D eigenvalue weighted by Gasteiger charge is 2.53. The summed E-state index contributed by atoms with van der Waals surface area (Å²) in [6.07, 6.45) is 1.38. The third-order valence-electron chi connectivity index (χ3n) is 4.04. The minimum absolute atomic E-state index is 0.0834. The SMILES string of the molecule is CO[C@H]1CN2C[C@H](F)C[C@@]2(C(C)C)C1. The van der Waals surface area contributed by atoms with Gasteiger partial charge in [0, 0.05) is 25.7 Å². The highest BCUT2D eigenvalue weighted by molar-refractivity contribution is 5.08. The van der Waals surface area contributed by atoms with Gasteiger partial charge in [-0.05, 0) is 18.8 Å². The van der Waals surface area contributed by atoms with Crippen LogP contribution in [0.4, 0.5) is 4.39 Å². The van der Waals surface area contributed by atoms with Crippen LogP contribution in [0.5, 0.6) is 0 Å². The number of alkyl halides is 1. The normalized spacial score (nSPS) is 43.5. The van der Waals surface area contributed by atoms with Gasteiger partial charge in [0.25, 0.3) is 0 Å². The monoisotopic (exact) mass is 201 g/mol. The minimum atomic E-state index is -0.629. The Kier molecular flexibility index (Phi) is 2.56. The number of hydrogen-bond donors (Lipinski definition) is 0. The van der Waals surface area contributed by atoms with E-state index in [-0.39, 0.29) is 5.54 Å². The van der Waals surface area contributed by atoms with Crippen molar-refractivity contribution in [1.29, 1.82) is 0 Å². The molecule has 2 saturated heterocycles. The molecule has 3 atom stereocenters. The lowest BCUT2D eigenvalue weighted by atomic mass is 9.82. The lowest BCUT2D eigenvalue weighted by Gasteiger charge is -2.35. The molecule has 82 valence electrons. The predicted molar refractivity (Wildman–Crippen MR) is 54.1 cm³/mol. The van der Waals surface area contributed by atoms with E-state index in [4.69, 9.17) is 4.74 Å². The molecule has 0 N–H and O–H groups in total. The van der Waals surface area contributed by atoms with Crippen molar-refractivity contribution in [2.75, 3.05) is 20.2 Å². The third kappa shape index (κ3) is 1.38. The summed E-state index contributed by atoms with van der Waals surface area (Å²) in [7, 11) is 1.76. The van der Waals surface area contributed by atoms with Gasteiger partial charge in [0.05, 0.1) is 6.10 Å². The lowest BCUT2D eigenvalue weighted by Crippen LogP contribution is -2.42. The molecule has 2 nitrogen and oxygen atoms in total. The second-order valence-corrected chi connectivity index (χ2v) is 5.03. The number of methoxy groups -OCH3 is 1. The summed E-state index contributed by atoms with van der Waals surface area (Å²) >= 11 is 0. The Morgan fingerprint density at radius 1 is 1.36 bits per heavy atom. The van der Waals surface area contributed by atoms with E-state index in [1.54, 1.807) is 7.11 Å². The Morgan fingerprint density at radius 3 is 2.57 bits per heavy atom. The summed E-state index contributed by atoms with van der Waals surface area (Å²) in [5.74, 6) is 0.517. The molecule has 2 rings (SSSR count). The molecule has 0 radical (unpaired) electrons. The smallest absolute Gasteiger partial charge is 0.115 e. The molecular weight excluding hydrogens is 181 g/mol. The van der Waals surface area contributed by atoms with Crippen molar-refractivity contribution in [2.45, 2.75) is 44.5 Å². The molecule has 2 fully saturated rings. The van der Waals surface area contributed by atoms with Gasteiger partial charge in [-0.1, -0.05) is 13.8 Å². The molecule has 0 amide bonds. The largest absolute Gasteiger partial charge is 0.380 e.